The highest BCUT2D eigenvalue weighted by molar-refractivity contribution is 5.17. The zero-order valence-electron chi connectivity index (χ0n) is 12.2. The second kappa shape index (κ2) is 4.21. The largest absolute Gasteiger partial charge is 0.313 e. The summed E-state index contributed by atoms with van der Waals surface area (Å²) in [5.74, 6) is 3.08. The van der Waals surface area contributed by atoms with Crippen molar-refractivity contribution in [2.24, 2.45) is 40.6 Å². The Bertz CT molecular complexity index is 354. The van der Waals surface area contributed by atoms with Crippen molar-refractivity contribution in [3.8, 4) is 0 Å². The van der Waals surface area contributed by atoms with E-state index in [1.165, 1.54) is 70.6 Å². The molecule has 0 amide bonds. The zero-order chi connectivity index (χ0) is 13.1. The molecule has 108 valence electrons. The summed E-state index contributed by atoms with van der Waals surface area (Å²) in [5.41, 5.74) is 13.9. The molecule has 4 aliphatic carbocycles. The number of nitrogens with two attached hydrogens (primary N) is 2. The summed E-state index contributed by atoms with van der Waals surface area (Å²) >= 11 is 0. The maximum atomic E-state index is 6.82. The van der Waals surface area contributed by atoms with Crippen molar-refractivity contribution in [1.29, 1.82) is 0 Å². The normalized spacial score (nSPS) is 47.1. The molecule has 0 heterocycles. The van der Waals surface area contributed by atoms with E-state index in [0.29, 0.717) is 17.3 Å². The van der Waals surface area contributed by atoms with Crippen LogP contribution in [0.25, 0.3) is 0 Å². The molecular formula is C17H30N2. The van der Waals surface area contributed by atoms with Crippen LogP contribution in [-0.2, 0) is 0 Å². The van der Waals surface area contributed by atoms with Gasteiger partial charge in [0.2, 0.25) is 0 Å². The van der Waals surface area contributed by atoms with Gasteiger partial charge in [0.1, 0.15) is 0 Å². The number of hydrogen-bond acceptors (Lipinski definition) is 2. The minimum absolute atomic E-state index is 0.355. The predicted octanol–water partition coefficient (Wildman–Crippen LogP) is 3.40. The first-order valence-corrected chi connectivity index (χ1v) is 8.74. The summed E-state index contributed by atoms with van der Waals surface area (Å²) in [4.78, 5) is 0. The lowest BCUT2D eigenvalue weighted by molar-refractivity contribution is -0.0544. The van der Waals surface area contributed by atoms with E-state index in [0.717, 1.165) is 11.8 Å². The van der Waals surface area contributed by atoms with Gasteiger partial charge in [-0.3, -0.25) is 0 Å². The Morgan fingerprint density at radius 2 is 1.32 bits per heavy atom. The lowest BCUT2D eigenvalue weighted by atomic mass is 9.53. The lowest BCUT2D eigenvalue weighted by Gasteiger charge is -2.56. The summed E-state index contributed by atoms with van der Waals surface area (Å²) in [5, 5.41) is 0. The van der Waals surface area contributed by atoms with Gasteiger partial charge in [0.05, 0.1) is 5.66 Å². The third kappa shape index (κ3) is 1.68. The topological polar surface area (TPSA) is 52.0 Å². The van der Waals surface area contributed by atoms with Gasteiger partial charge in [-0.25, -0.2) is 0 Å². The summed E-state index contributed by atoms with van der Waals surface area (Å²) in [6.07, 6.45) is 15.4. The first kappa shape index (κ1) is 12.6. The first-order chi connectivity index (χ1) is 9.16. The van der Waals surface area contributed by atoms with Crippen LogP contribution in [0.5, 0.6) is 0 Å². The molecule has 4 atom stereocenters. The van der Waals surface area contributed by atoms with Crippen LogP contribution >= 0.6 is 0 Å². The molecule has 4 unspecified atom stereocenters. The van der Waals surface area contributed by atoms with E-state index in [2.05, 4.69) is 0 Å². The standard InChI is InChI=1S/C17H30N2/c18-17(19)14-8-3-1-2-6-12(14)13-7-4-5-9-15(17)16(13)10-11-16/h12-15H,1-11,18-19H2. The van der Waals surface area contributed by atoms with E-state index in [1.807, 2.05) is 0 Å². The zero-order valence-corrected chi connectivity index (χ0v) is 12.2. The van der Waals surface area contributed by atoms with Gasteiger partial charge in [-0.15, -0.1) is 0 Å². The number of rotatable bonds is 0. The molecule has 0 aromatic heterocycles. The van der Waals surface area contributed by atoms with Crippen molar-refractivity contribution < 1.29 is 0 Å². The van der Waals surface area contributed by atoms with E-state index in [4.69, 9.17) is 11.5 Å². The highest BCUT2D eigenvalue weighted by Gasteiger charge is 2.67. The predicted molar refractivity (Wildman–Crippen MR) is 78.3 cm³/mol. The van der Waals surface area contributed by atoms with Gasteiger partial charge < -0.3 is 11.5 Å². The molecule has 0 aliphatic heterocycles. The minimum atomic E-state index is -0.355. The van der Waals surface area contributed by atoms with Gasteiger partial charge in [-0.05, 0) is 67.6 Å². The molecule has 2 heteroatoms. The van der Waals surface area contributed by atoms with Gasteiger partial charge in [0, 0.05) is 0 Å². The first-order valence-electron chi connectivity index (χ1n) is 8.74. The Hall–Kier alpha value is -0.0800. The highest BCUT2D eigenvalue weighted by Crippen LogP contribution is 2.70. The summed E-state index contributed by atoms with van der Waals surface area (Å²) < 4.78 is 0. The van der Waals surface area contributed by atoms with Crippen molar-refractivity contribution in [3.05, 3.63) is 0 Å². The Kier molecular flexibility index (Phi) is 2.80. The minimum Gasteiger partial charge on any atom is -0.313 e. The van der Waals surface area contributed by atoms with Crippen molar-refractivity contribution >= 4 is 0 Å². The molecule has 4 N–H and O–H groups in total. The molecule has 0 saturated heterocycles. The molecular weight excluding hydrogens is 232 g/mol. The highest BCUT2D eigenvalue weighted by atomic mass is 15.0. The third-order valence-electron chi connectivity index (χ3n) is 7.35. The molecule has 0 radical (unpaired) electrons. The third-order valence-corrected chi connectivity index (χ3v) is 7.35. The van der Waals surface area contributed by atoms with Crippen molar-refractivity contribution in [2.45, 2.75) is 76.3 Å². The van der Waals surface area contributed by atoms with E-state index in [9.17, 15) is 0 Å². The second-order valence-corrected chi connectivity index (χ2v) is 8.09. The van der Waals surface area contributed by atoms with Crippen LogP contribution < -0.4 is 11.5 Å². The van der Waals surface area contributed by atoms with E-state index in [1.54, 1.807) is 0 Å². The van der Waals surface area contributed by atoms with E-state index >= 15 is 0 Å². The van der Waals surface area contributed by atoms with Crippen LogP contribution in [0.3, 0.4) is 0 Å². The molecule has 4 fully saturated rings. The Balaban J connectivity index is 1.77. The molecule has 2 nitrogen and oxygen atoms in total. The van der Waals surface area contributed by atoms with Crippen LogP contribution in [0.2, 0.25) is 0 Å². The van der Waals surface area contributed by atoms with Gasteiger partial charge in [-0.2, -0.15) is 0 Å². The second-order valence-electron chi connectivity index (χ2n) is 8.09. The molecule has 19 heavy (non-hydrogen) atoms. The summed E-state index contributed by atoms with van der Waals surface area (Å²) in [7, 11) is 0. The van der Waals surface area contributed by atoms with Crippen molar-refractivity contribution in [2.75, 3.05) is 0 Å². The summed E-state index contributed by atoms with van der Waals surface area (Å²) in [6, 6.07) is 0. The lowest BCUT2D eigenvalue weighted by Crippen LogP contribution is -2.69. The fourth-order valence-corrected chi connectivity index (χ4v) is 6.50. The summed E-state index contributed by atoms with van der Waals surface area (Å²) in [6.45, 7) is 0. The smallest absolute Gasteiger partial charge is 0.0702 e. The van der Waals surface area contributed by atoms with Crippen LogP contribution in [0.4, 0.5) is 0 Å². The average molecular weight is 262 g/mol. The maximum Gasteiger partial charge on any atom is 0.0702 e. The Morgan fingerprint density at radius 3 is 2.11 bits per heavy atom. The van der Waals surface area contributed by atoms with Crippen LogP contribution in [0.15, 0.2) is 0 Å². The van der Waals surface area contributed by atoms with Crippen LogP contribution in [0.1, 0.15) is 70.6 Å². The molecule has 0 aromatic carbocycles. The molecule has 2 bridgehead atoms. The molecule has 0 aromatic rings. The van der Waals surface area contributed by atoms with E-state index < -0.39 is 0 Å². The Labute approximate surface area is 117 Å². The van der Waals surface area contributed by atoms with Gasteiger partial charge in [0.15, 0.2) is 0 Å². The van der Waals surface area contributed by atoms with Gasteiger partial charge in [-0.1, -0.05) is 32.1 Å². The quantitative estimate of drug-likeness (QED) is 0.657. The fraction of sp³-hybridized carbons (Fsp3) is 1.00. The van der Waals surface area contributed by atoms with Crippen molar-refractivity contribution in [3.63, 3.8) is 0 Å². The van der Waals surface area contributed by atoms with Gasteiger partial charge in [0.25, 0.3) is 0 Å². The van der Waals surface area contributed by atoms with Gasteiger partial charge >= 0.3 is 0 Å². The molecule has 4 saturated carbocycles. The maximum absolute atomic E-state index is 6.82. The number of hydrogen-bond donors (Lipinski definition) is 2. The van der Waals surface area contributed by atoms with Crippen molar-refractivity contribution in [1.82, 2.24) is 0 Å². The van der Waals surface area contributed by atoms with E-state index in [-0.39, 0.29) is 5.66 Å². The SMILES string of the molecule is NC1(N)C2CCCCCC2C2CCCCC1C21CC1. The molecule has 1 spiro atoms. The monoisotopic (exact) mass is 262 g/mol. The average Bonchev–Trinajstić information content (AvgIpc) is 3.18. The number of fused-ring (bicyclic) bond motifs is 2. The van der Waals surface area contributed by atoms with Crippen LogP contribution in [-0.4, -0.2) is 5.66 Å². The van der Waals surface area contributed by atoms with Crippen LogP contribution in [0, 0.1) is 29.1 Å². The molecule has 4 rings (SSSR count). The molecule has 4 aliphatic rings. The Morgan fingerprint density at radius 1 is 0.684 bits per heavy atom. The fourth-order valence-electron chi connectivity index (χ4n) is 6.50.